The first-order valence-corrected chi connectivity index (χ1v) is 8.72. The SMILES string of the molecule is CCn1c(=O)[nH]c2cc(C(=O)Nc3cc(-c4ccccc4C)[nH]n3)ccc21. The number of aryl methyl sites for hydroxylation is 2. The number of imidazole rings is 1. The van der Waals surface area contributed by atoms with Crippen LogP contribution in [0.3, 0.4) is 0 Å². The van der Waals surface area contributed by atoms with Crippen molar-refractivity contribution in [3.63, 3.8) is 0 Å². The summed E-state index contributed by atoms with van der Waals surface area (Å²) in [6.45, 7) is 4.49. The maximum absolute atomic E-state index is 12.6. The molecular formula is C20H19N5O2. The van der Waals surface area contributed by atoms with E-state index in [-0.39, 0.29) is 11.6 Å². The molecule has 0 radical (unpaired) electrons. The summed E-state index contributed by atoms with van der Waals surface area (Å²) in [7, 11) is 0. The van der Waals surface area contributed by atoms with Crippen molar-refractivity contribution in [2.24, 2.45) is 0 Å². The number of benzene rings is 2. The molecule has 0 atom stereocenters. The summed E-state index contributed by atoms with van der Waals surface area (Å²) in [5.41, 5.74) is 4.67. The highest BCUT2D eigenvalue weighted by Crippen LogP contribution is 2.23. The summed E-state index contributed by atoms with van der Waals surface area (Å²) in [6.07, 6.45) is 0. The van der Waals surface area contributed by atoms with Gasteiger partial charge in [-0.15, -0.1) is 0 Å². The van der Waals surface area contributed by atoms with E-state index >= 15 is 0 Å². The zero-order chi connectivity index (χ0) is 19.0. The third-order valence-corrected chi connectivity index (χ3v) is 4.61. The molecule has 4 aromatic rings. The summed E-state index contributed by atoms with van der Waals surface area (Å²) in [5, 5.41) is 9.91. The second kappa shape index (κ2) is 6.60. The van der Waals surface area contributed by atoms with Gasteiger partial charge in [-0.2, -0.15) is 5.10 Å². The first-order valence-electron chi connectivity index (χ1n) is 8.72. The smallest absolute Gasteiger partial charge is 0.306 e. The Morgan fingerprint density at radius 2 is 2.00 bits per heavy atom. The third-order valence-electron chi connectivity index (χ3n) is 4.61. The quantitative estimate of drug-likeness (QED) is 0.520. The highest BCUT2D eigenvalue weighted by molar-refractivity contribution is 6.05. The number of H-pyrrole nitrogens is 2. The van der Waals surface area contributed by atoms with E-state index in [0.29, 0.717) is 23.4 Å². The van der Waals surface area contributed by atoms with E-state index in [2.05, 4.69) is 20.5 Å². The van der Waals surface area contributed by atoms with Crippen molar-refractivity contribution in [1.82, 2.24) is 19.7 Å². The Kier molecular flexibility index (Phi) is 4.12. The third kappa shape index (κ3) is 3.03. The molecule has 0 bridgehead atoms. The van der Waals surface area contributed by atoms with Gasteiger partial charge in [0.15, 0.2) is 5.82 Å². The van der Waals surface area contributed by atoms with Crippen LogP contribution in [0.15, 0.2) is 53.3 Å². The molecule has 2 aromatic heterocycles. The Balaban J connectivity index is 1.59. The molecule has 0 unspecified atom stereocenters. The van der Waals surface area contributed by atoms with Gasteiger partial charge in [-0.25, -0.2) is 4.79 Å². The molecule has 1 amide bonds. The van der Waals surface area contributed by atoms with Gasteiger partial charge in [0, 0.05) is 23.7 Å². The van der Waals surface area contributed by atoms with Crippen molar-refractivity contribution in [3.05, 3.63) is 70.1 Å². The number of aromatic nitrogens is 4. The molecule has 0 saturated carbocycles. The molecule has 27 heavy (non-hydrogen) atoms. The monoisotopic (exact) mass is 361 g/mol. The Hall–Kier alpha value is -3.61. The predicted molar refractivity (Wildman–Crippen MR) is 105 cm³/mol. The maximum Gasteiger partial charge on any atom is 0.326 e. The number of aromatic amines is 2. The fourth-order valence-electron chi connectivity index (χ4n) is 3.21. The van der Waals surface area contributed by atoms with Crippen molar-refractivity contribution in [2.45, 2.75) is 20.4 Å². The number of carbonyl (C=O) groups is 1. The van der Waals surface area contributed by atoms with E-state index < -0.39 is 0 Å². The van der Waals surface area contributed by atoms with Gasteiger partial charge in [-0.1, -0.05) is 24.3 Å². The molecule has 0 aliphatic rings. The minimum absolute atomic E-state index is 0.180. The van der Waals surface area contributed by atoms with Crippen LogP contribution in [0.25, 0.3) is 22.3 Å². The second-order valence-corrected chi connectivity index (χ2v) is 6.34. The van der Waals surface area contributed by atoms with Gasteiger partial charge in [0.2, 0.25) is 0 Å². The average Bonchev–Trinajstić information content (AvgIpc) is 3.24. The fourth-order valence-corrected chi connectivity index (χ4v) is 3.21. The van der Waals surface area contributed by atoms with Gasteiger partial charge in [0.05, 0.1) is 16.7 Å². The van der Waals surface area contributed by atoms with Crippen LogP contribution in [0, 0.1) is 6.92 Å². The lowest BCUT2D eigenvalue weighted by molar-refractivity contribution is 0.102. The first-order chi connectivity index (χ1) is 13.1. The summed E-state index contributed by atoms with van der Waals surface area (Å²) < 4.78 is 1.62. The Morgan fingerprint density at radius 3 is 2.78 bits per heavy atom. The van der Waals surface area contributed by atoms with Crippen LogP contribution in [0.4, 0.5) is 5.82 Å². The van der Waals surface area contributed by atoms with Gasteiger partial charge >= 0.3 is 5.69 Å². The summed E-state index contributed by atoms with van der Waals surface area (Å²) in [4.78, 5) is 27.2. The van der Waals surface area contributed by atoms with Crippen molar-refractivity contribution >= 4 is 22.8 Å². The van der Waals surface area contributed by atoms with Crippen LogP contribution < -0.4 is 11.0 Å². The van der Waals surface area contributed by atoms with Gasteiger partial charge in [0.1, 0.15) is 0 Å². The molecule has 3 N–H and O–H groups in total. The molecular weight excluding hydrogens is 342 g/mol. The Labute approximate surface area is 155 Å². The molecule has 2 heterocycles. The average molecular weight is 361 g/mol. The molecule has 0 spiro atoms. The van der Waals surface area contributed by atoms with Crippen molar-refractivity contribution < 1.29 is 4.79 Å². The Bertz CT molecular complexity index is 1200. The number of amides is 1. The van der Waals surface area contributed by atoms with Crippen molar-refractivity contribution in [2.75, 3.05) is 5.32 Å². The number of fused-ring (bicyclic) bond motifs is 1. The zero-order valence-corrected chi connectivity index (χ0v) is 15.0. The fraction of sp³-hybridized carbons (Fsp3) is 0.150. The topological polar surface area (TPSA) is 95.6 Å². The van der Waals surface area contributed by atoms with Crippen LogP contribution in [-0.2, 0) is 6.54 Å². The highest BCUT2D eigenvalue weighted by Gasteiger charge is 2.13. The van der Waals surface area contributed by atoms with Gasteiger partial charge in [-0.3, -0.25) is 14.5 Å². The van der Waals surface area contributed by atoms with Crippen molar-refractivity contribution in [1.29, 1.82) is 0 Å². The Morgan fingerprint density at radius 1 is 1.19 bits per heavy atom. The standard InChI is InChI=1S/C20H19N5O2/c1-3-25-17-9-8-13(10-16(17)21-20(25)27)19(26)22-18-11-15(23-24-18)14-7-5-4-6-12(14)2/h4-11H,3H2,1-2H3,(H,21,27)(H2,22,23,24,26). The van der Waals surface area contributed by atoms with E-state index in [0.717, 1.165) is 22.3 Å². The molecule has 4 rings (SSSR count). The summed E-state index contributed by atoms with van der Waals surface area (Å²) in [6, 6.07) is 14.9. The lowest BCUT2D eigenvalue weighted by atomic mass is 10.1. The maximum atomic E-state index is 12.6. The molecule has 0 aliphatic carbocycles. The number of hydrogen-bond acceptors (Lipinski definition) is 3. The van der Waals surface area contributed by atoms with Crippen molar-refractivity contribution in [3.8, 4) is 11.3 Å². The van der Waals surface area contributed by atoms with E-state index in [4.69, 9.17) is 0 Å². The second-order valence-electron chi connectivity index (χ2n) is 6.34. The lowest BCUT2D eigenvalue weighted by Gasteiger charge is -2.03. The van der Waals surface area contributed by atoms with Crippen LogP contribution in [0.1, 0.15) is 22.8 Å². The number of anilines is 1. The molecule has 0 aliphatic heterocycles. The minimum Gasteiger partial charge on any atom is -0.306 e. The van der Waals surface area contributed by atoms with Gasteiger partial charge in [-0.05, 0) is 37.6 Å². The lowest BCUT2D eigenvalue weighted by Crippen LogP contribution is -2.14. The molecule has 2 aromatic carbocycles. The first kappa shape index (κ1) is 16.8. The van der Waals surface area contributed by atoms with E-state index in [1.165, 1.54) is 0 Å². The van der Waals surface area contributed by atoms with E-state index in [1.54, 1.807) is 28.8 Å². The minimum atomic E-state index is -0.287. The summed E-state index contributed by atoms with van der Waals surface area (Å²) >= 11 is 0. The van der Waals surface area contributed by atoms with E-state index in [1.807, 2.05) is 38.1 Å². The van der Waals surface area contributed by atoms with Gasteiger partial charge < -0.3 is 10.3 Å². The largest absolute Gasteiger partial charge is 0.326 e. The van der Waals surface area contributed by atoms with Crippen LogP contribution in [0.5, 0.6) is 0 Å². The normalized spacial score (nSPS) is 11.0. The molecule has 7 nitrogen and oxygen atoms in total. The molecule has 0 saturated heterocycles. The highest BCUT2D eigenvalue weighted by atomic mass is 16.2. The predicted octanol–water partition coefficient (Wildman–Crippen LogP) is 3.30. The summed E-state index contributed by atoms with van der Waals surface area (Å²) in [5.74, 6) is 0.155. The molecule has 136 valence electrons. The molecule has 0 fully saturated rings. The number of hydrogen-bond donors (Lipinski definition) is 3. The number of nitrogens with one attached hydrogen (secondary N) is 3. The van der Waals surface area contributed by atoms with Crippen LogP contribution in [0.2, 0.25) is 0 Å². The zero-order valence-electron chi connectivity index (χ0n) is 15.0. The van der Waals surface area contributed by atoms with Crippen LogP contribution >= 0.6 is 0 Å². The number of carbonyl (C=O) groups excluding carboxylic acids is 1. The number of rotatable bonds is 4. The van der Waals surface area contributed by atoms with Crippen LogP contribution in [-0.4, -0.2) is 25.7 Å². The van der Waals surface area contributed by atoms with E-state index in [9.17, 15) is 9.59 Å². The molecule has 7 heteroatoms. The van der Waals surface area contributed by atoms with Gasteiger partial charge in [0.25, 0.3) is 5.91 Å². The number of nitrogens with zero attached hydrogens (tertiary/aromatic N) is 2.